The van der Waals surface area contributed by atoms with Gasteiger partial charge in [-0.25, -0.2) is 9.67 Å². The number of ketones is 1. The second-order valence-electron chi connectivity index (χ2n) is 6.90. The summed E-state index contributed by atoms with van der Waals surface area (Å²) in [5.41, 5.74) is 2.37. The Morgan fingerprint density at radius 1 is 1.32 bits per heavy atom. The molecule has 22 heavy (non-hydrogen) atoms. The van der Waals surface area contributed by atoms with E-state index in [2.05, 4.69) is 42.9 Å². The van der Waals surface area contributed by atoms with Gasteiger partial charge >= 0.3 is 0 Å². The monoisotopic (exact) mass is 298 g/mol. The van der Waals surface area contributed by atoms with E-state index in [1.165, 1.54) is 0 Å². The van der Waals surface area contributed by atoms with Gasteiger partial charge in [0.05, 0.1) is 23.0 Å². The third-order valence-corrected chi connectivity index (χ3v) is 4.37. The Balaban J connectivity index is 2.30. The van der Waals surface area contributed by atoms with Crippen LogP contribution in [0.1, 0.15) is 48.1 Å². The Hall–Kier alpha value is -2.01. The number of pyridine rings is 1. The summed E-state index contributed by atoms with van der Waals surface area (Å²) in [4.78, 5) is 19.2. The molecule has 116 valence electrons. The van der Waals surface area contributed by atoms with E-state index in [4.69, 9.17) is 0 Å². The van der Waals surface area contributed by atoms with Crippen LogP contribution in [0.3, 0.4) is 0 Å². The molecule has 0 spiro atoms. The fourth-order valence-corrected chi connectivity index (χ4v) is 3.71. The van der Waals surface area contributed by atoms with Gasteiger partial charge in [0.1, 0.15) is 0 Å². The fraction of sp³-hybridized carbons (Fsp3) is 0.471. The number of carbonyl (C=O) groups is 1. The van der Waals surface area contributed by atoms with Crippen molar-refractivity contribution in [1.29, 1.82) is 0 Å². The maximum absolute atomic E-state index is 12.6. The smallest absolute Gasteiger partial charge is 0.167 e. The Morgan fingerprint density at radius 2 is 2.05 bits per heavy atom. The van der Waals surface area contributed by atoms with E-state index in [1.54, 1.807) is 6.20 Å². The van der Waals surface area contributed by atoms with Gasteiger partial charge in [-0.15, -0.1) is 0 Å². The first-order valence-electron chi connectivity index (χ1n) is 7.53. The number of Topliss-reactive ketones (excluding diaryl/α,β-unsaturated/α-hetero) is 1. The first kappa shape index (κ1) is 14.9. The minimum absolute atomic E-state index is 0.114. The van der Waals surface area contributed by atoms with Crippen molar-refractivity contribution in [1.82, 2.24) is 19.7 Å². The molecule has 2 aromatic heterocycles. The van der Waals surface area contributed by atoms with Gasteiger partial charge < -0.3 is 4.90 Å². The van der Waals surface area contributed by atoms with Crippen molar-refractivity contribution in [2.24, 2.45) is 5.41 Å². The summed E-state index contributed by atoms with van der Waals surface area (Å²) < 4.78 is 1.84. The fourth-order valence-electron chi connectivity index (χ4n) is 3.71. The standard InChI is InChI=1S/C17H22N4O/c1-11-14-12(22)10-17(2,3)16(20(4)5)15(14)21(19-11)13-8-6-7-9-18-13/h6-9,16H,10H2,1-5H3. The van der Waals surface area contributed by atoms with Crippen molar-refractivity contribution in [2.75, 3.05) is 14.1 Å². The molecular weight excluding hydrogens is 276 g/mol. The summed E-state index contributed by atoms with van der Waals surface area (Å²) in [6.07, 6.45) is 2.29. The second-order valence-corrected chi connectivity index (χ2v) is 6.90. The average molecular weight is 298 g/mol. The molecule has 2 aromatic rings. The Morgan fingerprint density at radius 3 is 2.64 bits per heavy atom. The van der Waals surface area contributed by atoms with Crippen molar-refractivity contribution < 1.29 is 4.79 Å². The maximum Gasteiger partial charge on any atom is 0.167 e. The molecule has 2 heterocycles. The van der Waals surface area contributed by atoms with Crippen LogP contribution in [0.4, 0.5) is 0 Å². The highest BCUT2D eigenvalue weighted by Gasteiger charge is 2.45. The predicted octanol–water partition coefficient (Wildman–Crippen LogP) is 2.79. The first-order valence-corrected chi connectivity index (χ1v) is 7.53. The zero-order valence-corrected chi connectivity index (χ0v) is 13.8. The highest BCUT2D eigenvalue weighted by Crippen LogP contribution is 2.47. The van der Waals surface area contributed by atoms with Gasteiger partial charge in [-0.2, -0.15) is 5.10 Å². The number of rotatable bonds is 2. The minimum atomic E-state index is -0.146. The van der Waals surface area contributed by atoms with Gasteiger partial charge in [-0.1, -0.05) is 19.9 Å². The molecule has 5 heteroatoms. The van der Waals surface area contributed by atoms with E-state index in [0.717, 1.165) is 22.8 Å². The lowest BCUT2D eigenvalue weighted by Crippen LogP contribution is -2.40. The zero-order chi connectivity index (χ0) is 16.1. The molecule has 0 bridgehead atoms. The molecule has 0 aromatic carbocycles. The van der Waals surface area contributed by atoms with E-state index >= 15 is 0 Å². The van der Waals surface area contributed by atoms with Crippen LogP contribution >= 0.6 is 0 Å². The normalized spacial score (nSPS) is 20.3. The van der Waals surface area contributed by atoms with Gasteiger partial charge in [-0.3, -0.25) is 4.79 Å². The third-order valence-electron chi connectivity index (χ3n) is 4.37. The average Bonchev–Trinajstić information content (AvgIpc) is 2.76. The number of aryl methyl sites for hydroxylation is 1. The molecule has 0 N–H and O–H groups in total. The molecular formula is C17H22N4O. The molecule has 5 nitrogen and oxygen atoms in total. The van der Waals surface area contributed by atoms with Crippen molar-refractivity contribution >= 4 is 5.78 Å². The van der Waals surface area contributed by atoms with Crippen LogP contribution in [-0.2, 0) is 0 Å². The molecule has 0 aliphatic heterocycles. The van der Waals surface area contributed by atoms with Crippen LogP contribution in [0.25, 0.3) is 5.82 Å². The lowest BCUT2D eigenvalue weighted by molar-refractivity contribution is 0.0726. The van der Waals surface area contributed by atoms with Crippen LogP contribution in [0.5, 0.6) is 0 Å². The highest BCUT2D eigenvalue weighted by atomic mass is 16.1. The number of hydrogen-bond acceptors (Lipinski definition) is 4. The molecule has 1 unspecified atom stereocenters. The predicted molar refractivity (Wildman–Crippen MR) is 85.3 cm³/mol. The van der Waals surface area contributed by atoms with Gasteiger partial charge in [0.15, 0.2) is 11.6 Å². The van der Waals surface area contributed by atoms with Gasteiger partial charge in [0, 0.05) is 12.6 Å². The maximum atomic E-state index is 12.6. The van der Waals surface area contributed by atoms with E-state index in [0.29, 0.717) is 6.42 Å². The summed E-state index contributed by atoms with van der Waals surface area (Å²) in [6, 6.07) is 5.85. The Labute approximate surface area is 131 Å². The highest BCUT2D eigenvalue weighted by molar-refractivity contribution is 6.00. The van der Waals surface area contributed by atoms with Gasteiger partial charge in [0.25, 0.3) is 0 Å². The largest absolute Gasteiger partial charge is 0.300 e. The number of carbonyl (C=O) groups excluding carboxylic acids is 1. The van der Waals surface area contributed by atoms with Crippen molar-refractivity contribution in [3.8, 4) is 5.82 Å². The van der Waals surface area contributed by atoms with Crippen molar-refractivity contribution in [2.45, 2.75) is 33.2 Å². The molecule has 0 radical (unpaired) electrons. The van der Waals surface area contributed by atoms with Crippen LogP contribution < -0.4 is 0 Å². The van der Waals surface area contributed by atoms with Crippen LogP contribution in [0, 0.1) is 12.3 Å². The number of nitrogens with zero attached hydrogens (tertiary/aromatic N) is 4. The van der Waals surface area contributed by atoms with Crippen LogP contribution in [0.2, 0.25) is 0 Å². The molecule has 1 aliphatic rings. The summed E-state index contributed by atoms with van der Waals surface area (Å²) in [6.45, 7) is 6.19. The van der Waals surface area contributed by atoms with Crippen molar-refractivity contribution in [3.05, 3.63) is 41.3 Å². The minimum Gasteiger partial charge on any atom is -0.300 e. The quantitative estimate of drug-likeness (QED) is 0.855. The molecule has 0 saturated heterocycles. The Kier molecular flexibility index (Phi) is 3.40. The molecule has 0 saturated carbocycles. The summed E-state index contributed by atoms with van der Waals surface area (Å²) >= 11 is 0. The molecule has 3 rings (SSSR count). The first-order chi connectivity index (χ1) is 10.3. The molecule has 1 atom stereocenters. The third kappa shape index (κ3) is 2.16. The van der Waals surface area contributed by atoms with E-state index < -0.39 is 0 Å². The Bertz CT molecular complexity index is 716. The molecule has 0 amide bonds. The van der Waals surface area contributed by atoms with E-state index in [9.17, 15) is 4.79 Å². The summed E-state index contributed by atoms with van der Waals surface area (Å²) in [5.74, 6) is 0.932. The lowest BCUT2D eigenvalue weighted by Gasteiger charge is -2.42. The van der Waals surface area contributed by atoms with Crippen molar-refractivity contribution in [3.63, 3.8) is 0 Å². The number of fused-ring (bicyclic) bond motifs is 1. The van der Waals surface area contributed by atoms with Gasteiger partial charge in [-0.05, 0) is 38.6 Å². The van der Waals surface area contributed by atoms with E-state index in [1.807, 2.05) is 29.8 Å². The number of aromatic nitrogens is 3. The van der Waals surface area contributed by atoms with Gasteiger partial charge in [0.2, 0.25) is 0 Å². The number of hydrogen-bond donors (Lipinski definition) is 0. The van der Waals surface area contributed by atoms with Crippen LogP contribution in [0.15, 0.2) is 24.4 Å². The summed E-state index contributed by atoms with van der Waals surface area (Å²) in [5, 5.41) is 4.62. The molecule has 0 fully saturated rings. The zero-order valence-electron chi connectivity index (χ0n) is 13.8. The second kappa shape index (κ2) is 5.02. The van der Waals surface area contributed by atoms with Crippen LogP contribution in [-0.4, -0.2) is 39.5 Å². The topological polar surface area (TPSA) is 51.0 Å². The van der Waals surface area contributed by atoms with E-state index in [-0.39, 0.29) is 17.2 Å². The summed E-state index contributed by atoms with van der Waals surface area (Å²) in [7, 11) is 4.11. The SMILES string of the molecule is Cc1nn(-c2ccccn2)c2c1C(=O)CC(C)(C)C2N(C)C. The molecule has 1 aliphatic carbocycles. The lowest BCUT2D eigenvalue weighted by atomic mass is 9.71.